The molecule has 3 aromatic heterocycles. The predicted octanol–water partition coefficient (Wildman–Crippen LogP) is 3.37. The van der Waals surface area contributed by atoms with E-state index in [1.807, 2.05) is 7.05 Å². The number of fused-ring (bicyclic) bond motifs is 1. The molecule has 9 heteroatoms. The van der Waals surface area contributed by atoms with Crippen molar-refractivity contribution in [1.82, 2.24) is 19.5 Å². The molecule has 0 unspecified atom stereocenters. The first-order valence-corrected chi connectivity index (χ1v) is 9.16. The zero-order valence-electron chi connectivity index (χ0n) is 16.8. The summed E-state index contributed by atoms with van der Waals surface area (Å²) in [7, 11) is 3.38. The Morgan fingerprint density at radius 1 is 1.28 bits per heavy atom. The lowest BCUT2D eigenvalue weighted by atomic mass is 10.2. The maximum atomic E-state index is 12.5. The number of hydrogen-bond donors (Lipinski definition) is 1. The molecule has 0 radical (unpaired) electrons. The minimum absolute atomic E-state index is 0.168. The van der Waals surface area contributed by atoms with Crippen LogP contribution < -0.4 is 10.6 Å². The molecule has 0 fully saturated rings. The molecule has 150 valence electrons. The van der Waals surface area contributed by atoms with Gasteiger partial charge in [0.25, 0.3) is 0 Å². The molecule has 1 amide bonds. The van der Waals surface area contributed by atoms with E-state index in [1.165, 1.54) is 4.90 Å². The Balaban J connectivity index is 2.10. The number of imidazole rings is 1. The standard InChI is InChI=1S/C20H21ClN6O2/c1-20(2,3)29-19(28)27(5)18-15-16(26(4)11-23-15)13(17(22)25-18)10-9-12-7-6-8-14(21)24-12/h6-8,11H,1-5H3,(H2,22,25). The maximum Gasteiger partial charge on any atom is 0.415 e. The first-order chi connectivity index (χ1) is 13.6. The van der Waals surface area contributed by atoms with Gasteiger partial charge < -0.3 is 15.0 Å². The highest BCUT2D eigenvalue weighted by atomic mass is 35.5. The average molecular weight is 413 g/mol. The van der Waals surface area contributed by atoms with Crippen LogP contribution in [0.15, 0.2) is 24.5 Å². The van der Waals surface area contributed by atoms with Crippen LogP contribution >= 0.6 is 11.6 Å². The van der Waals surface area contributed by atoms with Gasteiger partial charge in [-0.2, -0.15) is 0 Å². The second-order valence-electron chi connectivity index (χ2n) is 7.38. The molecule has 0 aliphatic carbocycles. The number of nitrogens with two attached hydrogens (primary N) is 1. The summed E-state index contributed by atoms with van der Waals surface area (Å²) in [6, 6.07) is 5.18. The number of pyridine rings is 2. The van der Waals surface area contributed by atoms with Crippen LogP contribution in [0.25, 0.3) is 11.0 Å². The SMILES string of the molecule is CN(C(=O)OC(C)(C)C)c1nc(N)c(C#Cc2cccc(Cl)n2)c2c1ncn2C. The molecular weight excluding hydrogens is 392 g/mol. The number of nitrogen functional groups attached to an aromatic ring is 1. The number of aryl methyl sites for hydroxylation is 1. The van der Waals surface area contributed by atoms with Crippen molar-refractivity contribution >= 4 is 40.4 Å². The van der Waals surface area contributed by atoms with Crippen LogP contribution in [0.1, 0.15) is 32.0 Å². The Labute approximate surface area is 173 Å². The molecule has 0 aliphatic rings. The molecule has 2 N–H and O–H groups in total. The van der Waals surface area contributed by atoms with Gasteiger partial charge in [-0.25, -0.2) is 19.7 Å². The van der Waals surface area contributed by atoms with Crippen molar-refractivity contribution in [2.45, 2.75) is 26.4 Å². The number of nitrogens with zero attached hydrogens (tertiary/aromatic N) is 5. The maximum absolute atomic E-state index is 12.5. The van der Waals surface area contributed by atoms with E-state index >= 15 is 0 Å². The van der Waals surface area contributed by atoms with Crippen molar-refractivity contribution in [3.8, 4) is 11.8 Å². The molecule has 0 saturated heterocycles. The van der Waals surface area contributed by atoms with Crippen molar-refractivity contribution in [2.24, 2.45) is 7.05 Å². The number of hydrogen-bond acceptors (Lipinski definition) is 6. The van der Waals surface area contributed by atoms with Crippen molar-refractivity contribution in [2.75, 3.05) is 17.7 Å². The van der Waals surface area contributed by atoms with E-state index in [-0.39, 0.29) is 5.82 Å². The van der Waals surface area contributed by atoms with Crippen LogP contribution in [0.3, 0.4) is 0 Å². The fraction of sp³-hybridized carbons (Fsp3) is 0.300. The Morgan fingerprint density at radius 3 is 2.66 bits per heavy atom. The van der Waals surface area contributed by atoms with Gasteiger partial charge in [0.2, 0.25) is 0 Å². The van der Waals surface area contributed by atoms with Gasteiger partial charge >= 0.3 is 6.09 Å². The third kappa shape index (κ3) is 4.41. The van der Waals surface area contributed by atoms with Gasteiger partial charge in [-0.15, -0.1) is 0 Å². The van der Waals surface area contributed by atoms with Crippen molar-refractivity contribution < 1.29 is 9.53 Å². The molecular formula is C20H21ClN6O2. The van der Waals surface area contributed by atoms with E-state index in [0.29, 0.717) is 33.3 Å². The summed E-state index contributed by atoms with van der Waals surface area (Å²) in [6.45, 7) is 5.37. The van der Waals surface area contributed by atoms with Crippen molar-refractivity contribution in [1.29, 1.82) is 0 Å². The van der Waals surface area contributed by atoms with Gasteiger partial charge in [0.05, 0.1) is 17.4 Å². The fourth-order valence-corrected chi connectivity index (χ4v) is 2.78. The number of carbonyl (C=O) groups excluding carboxylic acids is 1. The van der Waals surface area contributed by atoms with Crippen LogP contribution in [0.5, 0.6) is 0 Å². The summed E-state index contributed by atoms with van der Waals surface area (Å²) in [5.41, 5.74) is 7.68. The Morgan fingerprint density at radius 2 is 2.00 bits per heavy atom. The molecule has 3 rings (SSSR count). The van der Waals surface area contributed by atoms with Crippen LogP contribution in [-0.2, 0) is 11.8 Å². The summed E-state index contributed by atoms with van der Waals surface area (Å²) in [5, 5.41) is 0.350. The second-order valence-corrected chi connectivity index (χ2v) is 7.77. The number of anilines is 2. The summed E-state index contributed by atoms with van der Waals surface area (Å²) in [6.07, 6.45) is 1.06. The lowest BCUT2D eigenvalue weighted by molar-refractivity contribution is 0.0588. The normalized spacial score (nSPS) is 11.1. The number of amides is 1. The van der Waals surface area contributed by atoms with Gasteiger partial charge in [0.1, 0.15) is 27.8 Å². The van der Waals surface area contributed by atoms with E-state index < -0.39 is 11.7 Å². The minimum atomic E-state index is -0.643. The average Bonchev–Trinajstić information content (AvgIpc) is 3.00. The van der Waals surface area contributed by atoms with Gasteiger partial charge in [0.15, 0.2) is 5.82 Å². The second kappa shape index (κ2) is 7.60. The molecule has 0 aliphatic heterocycles. The highest BCUT2D eigenvalue weighted by Crippen LogP contribution is 2.29. The van der Waals surface area contributed by atoms with Gasteiger partial charge in [-0.1, -0.05) is 23.6 Å². The molecule has 0 atom stereocenters. The van der Waals surface area contributed by atoms with E-state index in [9.17, 15) is 4.79 Å². The van der Waals surface area contributed by atoms with Gasteiger partial charge in [-0.05, 0) is 38.8 Å². The van der Waals surface area contributed by atoms with E-state index in [1.54, 1.807) is 56.9 Å². The van der Waals surface area contributed by atoms with Crippen LogP contribution in [0.4, 0.5) is 16.4 Å². The van der Waals surface area contributed by atoms with Gasteiger partial charge in [0, 0.05) is 14.1 Å². The number of ether oxygens (including phenoxy) is 1. The zero-order valence-corrected chi connectivity index (χ0v) is 17.6. The topological polar surface area (TPSA) is 99.2 Å². The highest BCUT2D eigenvalue weighted by Gasteiger charge is 2.25. The largest absolute Gasteiger partial charge is 0.443 e. The molecule has 0 bridgehead atoms. The minimum Gasteiger partial charge on any atom is -0.443 e. The highest BCUT2D eigenvalue weighted by molar-refractivity contribution is 6.29. The molecule has 0 aromatic carbocycles. The van der Waals surface area contributed by atoms with E-state index in [2.05, 4.69) is 26.8 Å². The zero-order chi connectivity index (χ0) is 21.3. The van der Waals surface area contributed by atoms with Crippen LogP contribution in [0.2, 0.25) is 5.15 Å². The van der Waals surface area contributed by atoms with Gasteiger partial charge in [-0.3, -0.25) is 4.90 Å². The molecule has 3 aromatic rings. The number of carbonyl (C=O) groups is 1. The molecule has 3 heterocycles. The number of aromatic nitrogens is 4. The van der Waals surface area contributed by atoms with Crippen LogP contribution in [-0.4, -0.2) is 38.3 Å². The third-order valence-electron chi connectivity index (χ3n) is 3.88. The Hall–Kier alpha value is -3.31. The number of rotatable bonds is 1. The lowest BCUT2D eigenvalue weighted by Crippen LogP contribution is -2.34. The smallest absolute Gasteiger partial charge is 0.415 e. The van der Waals surface area contributed by atoms with E-state index in [0.717, 1.165) is 0 Å². The fourth-order valence-electron chi connectivity index (χ4n) is 2.61. The molecule has 0 saturated carbocycles. The first kappa shape index (κ1) is 20.4. The lowest BCUT2D eigenvalue weighted by Gasteiger charge is -2.24. The third-order valence-corrected chi connectivity index (χ3v) is 4.09. The summed E-state index contributed by atoms with van der Waals surface area (Å²) >= 11 is 5.91. The molecule has 0 spiro atoms. The van der Waals surface area contributed by atoms with Crippen molar-refractivity contribution in [3.63, 3.8) is 0 Å². The molecule has 29 heavy (non-hydrogen) atoms. The summed E-state index contributed by atoms with van der Waals surface area (Å²) in [5.74, 6) is 6.41. The monoisotopic (exact) mass is 412 g/mol. The summed E-state index contributed by atoms with van der Waals surface area (Å²) < 4.78 is 7.19. The van der Waals surface area contributed by atoms with E-state index in [4.69, 9.17) is 22.1 Å². The summed E-state index contributed by atoms with van der Waals surface area (Å²) in [4.78, 5) is 26.7. The van der Waals surface area contributed by atoms with Crippen molar-refractivity contribution in [3.05, 3.63) is 40.9 Å². The quantitative estimate of drug-likeness (QED) is 0.486. The van der Waals surface area contributed by atoms with Crippen LogP contribution in [0, 0.1) is 11.8 Å². The Kier molecular flexibility index (Phi) is 5.36. The molecule has 8 nitrogen and oxygen atoms in total. The number of halogens is 1. The Bertz CT molecular complexity index is 1150. The predicted molar refractivity (Wildman–Crippen MR) is 113 cm³/mol. The first-order valence-electron chi connectivity index (χ1n) is 8.78.